The van der Waals surface area contributed by atoms with Gasteiger partial charge in [0, 0.05) is 18.9 Å². The van der Waals surface area contributed by atoms with E-state index in [1.54, 1.807) is 13.2 Å². The predicted octanol–water partition coefficient (Wildman–Crippen LogP) is 3.70. The van der Waals surface area contributed by atoms with Gasteiger partial charge in [-0.1, -0.05) is 25.1 Å². The van der Waals surface area contributed by atoms with Crippen molar-refractivity contribution in [2.24, 2.45) is 5.92 Å². The third kappa shape index (κ3) is 5.72. The van der Waals surface area contributed by atoms with Crippen molar-refractivity contribution in [2.45, 2.75) is 38.6 Å². The standard InChI is InChI=1S/C17H25O6P/c1-4-13(2)17-11-16(22-24(18,19)23-17)9-10-21-12-14-5-7-15(20-3)8-6-14/h4-8,13,16-17H,1,9-12H2,2-3H3,(H,18,19)/t13-,16-,17+/m0/s1. The van der Waals surface area contributed by atoms with Crippen LogP contribution in [0.25, 0.3) is 0 Å². The van der Waals surface area contributed by atoms with Gasteiger partial charge in [-0.05, 0) is 24.1 Å². The molecule has 1 unspecified atom stereocenters. The van der Waals surface area contributed by atoms with Crippen LogP contribution in [0.5, 0.6) is 5.75 Å². The van der Waals surface area contributed by atoms with Crippen LogP contribution in [0.15, 0.2) is 36.9 Å². The molecule has 2 rings (SSSR count). The minimum Gasteiger partial charge on any atom is -0.497 e. The number of phosphoric ester groups is 1. The second-order valence-corrected chi connectivity index (χ2v) is 7.22. The second kappa shape index (κ2) is 8.79. The number of rotatable bonds is 8. The van der Waals surface area contributed by atoms with Crippen LogP contribution in [0.1, 0.15) is 25.3 Å². The van der Waals surface area contributed by atoms with Crippen molar-refractivity contribution in [3.63, 3.8) is 0 Å². The number of methoxy groups -OCH3 is 1. The van der Waals surface area contributed by atoms with E-state index in [0.717, 1.165) is 11.3 Å². The lowest BCUT2D eigenvalue weighted by molar-refractivity contribution is -0.0244. The van der Waals surface area contributed by atoms with Crippen LogP contribution in [0.3, 0.4) is 0 Å². The normalized spacial score (nSPS) is 28.3. The molecule has 0 aromatic heterocycles. The number of benzene rings is 1. The van der Waals surface area contributed by atoms with Crippen molar-refractivity contribution in [1.29, 1.82) is 0 Å². The van der Waals surface area contributed by atoms with Crippen molar-refractivity contribution < 1.29 is 28.0 Å². The number of hydrogen-bond acceptors (Lipinski definition) is 5. The maximum Gasteiger partial charge on any atom is 0.472 e. The Labute approximate surface area is 143 Å². The summed E-state index contributed by atoms with van der Waals surface area (Å²) in [6.07, 6.45) is 2.07. The molecule has 0 radical (unpaired) electrons. The topological polar surface area (TPSA) is 74.2 Å². The first-order valence-corrected chi connectivity index (χ1v) is 9.46. The minimum atomic E-state index is -4.00. The molecule has 4 atom stereocenters. The predicted molar refractivity (Wildman–Crippen MR) is 90.8 cm³/mol. The van der Waals surface area contributed by atoms with Crippen LogP contribution in [-0.4, -0.2) is 30.8 Å². The molecule has 134 valence electrons. The number of ether oxygens (including phenoxy) is 2. The monoisotopic (exact) mass is 356 g/mol. The average Bonchev–Trinajstić information content (AvgIpc) is 2.57. The fraction of sp³-hybridized carbons (Fsp3) is 0.529. The molecule has 0 bridgehead atoms. The van der Waals surface area contributed by atoms with Crippen LogP contribution in [0.2, 0.25) is 0 Å². The van der Waals surface area contributed by atoms with Crippen molar-refractivity contribution in [1.82, 2.24) is 0 Å². The summed E-state index contributed by atoms with van der Waals surface area (Å²) in [6.45, 7) is 6.51. The molecular weight excluding hydrogens is 331 g/mol. The zero-order chi connectivity index (χ0) is 17.6. The van der Waals surface area contributed by atoms with Gasteiger partial charge in [-0.2, -0.15) is 0 Å². The summed E-state index contributed by atoms with van der Waals surface area (Å²) in [7, 11) is -2.37. The quantitative estimate of drug-likeness (QED) is 0.435. The molecule has 1 fully saturated rings. The van der Waals surface area contributed by atoms with E-state index in [1.807, 2.05) is 31.2 Å². The lowest BCUT2D eigenvalue weighted by Crippen LogP contribution is -2.32. The molecule has 24 heavy (non-hydrogen) atoms. The Bertz CT molecular complexity index is 573. The van der Waals surface area contributed by atoms with Crippen LogP contribution in [0, 0.1) is 5.92 Å². The molecule has 0 aliphatic carbocycles. The Balaban J connectivity index is 1.78. The van der Waals surface area contributed by atoms with Gasteiger partial charge in [-0.15, -0.1) is 6.58 Å². The van der Waals surface area contributed by atoms with Gasteiger partial charge < -0.3 is 14.4 Å². The summed E-state index contributed by atoms with van der Waals surface area (Å²) in [5.41, 5.74) is 1.04. The molecule has 1 saturated heterocycles. The van der Waals surface area contributed by atoms with E-state index in [1.165, 1.54) is 0 Å². The lowest BCUT2D eigenvalue weighted by atomic mass is 9.98. The largest absolute Gasteiger partial charge is 0.497 e. The number of phosphoric acid groups is 1. The Morgan fingerprint density at radius 2 is 2.12 bits per heavy atom. The Morgan fingerprint density at radius 3 is 2.75 bits per heavy atom. The summed E-state index contributed by atoms with van der Waals surface area (Å²) in [5.74, 6) is 0.785. The molecular formula is C17H25O6P. The van der Waals surface area contributed by atoms with Crippen LogP contribution in [-0.2, 0) is 25.0 Å². The Hall–Kier alpha value is -1.17. The smallest absolute Gasteiger partial charge is 0.472 e. The molecule has 0 amide bonds. The molecule has 0 spiro atoms. The van der Waals surface area contributed by atoms with Crippen molar-refractivity contribution in [3.05, 3.63) is 42.5 Å². The van der Waals surface area contributed by atoms with E-state index in [-0.39, 0.29) is 18.1 Å². The first kappa shape index (κ1) is 19.2. The number of hydrogen-bond donors (Lipinski definition) is 1. The van der Waals surface area contributed by atoms with Gasteiger partial charge in [-0.3, -0.25) is 9.05 Å². The summed E-state index contributed by atoms with van der Waals surface area (Å²) in [4.78, 5) is 9.67. The van der Waals surface area contributed by atoms with Gasteiger partial charge in [-0.25, -0.2) is 4.57 Å². The van der Waals surface area contributed by atoms with Crippen LogP contribution < -0.4 is 4.74 Å². The summed E-state index contributed by atoms with van der Waals surface area (Å²) in [6, 6.07) is 7.63. The first-order valence-electron chi connectivity index (χ1n) is 7.96. The lowest BCUT2D eigenvalue weighted by Gasteiger charge is -2.34. The van der Waals surface area contributed by atoms with Gasteiger partial charge in [0.05, 0.1) is 25.9 Å². The van der Waals surface area contributed by atoms with Crippen molar-refractivity contribution in [2.75, 3.05) is 13.7 Å². The van der Waals surface area contributed by atoms with Crippen molar-refractivity contribution in [3.8, 4) is 5.75 Å². The van der Waals surface area contributed by atoms with Crippen LogP contribution in [0.4, 0.5) is 0 Å². The molecule has 1 aromatic rings. The zero-order valence-corrected chi connectivity index (χ0v) is 15.0. The van der Waals surface area contributed by atoms with E-state index in [0.29, 0.717) is 26.1 Å². The fourth-order valence-electron chi connectivity index (χ4n) is 2.49. The van der Waals surface area contributed by atoms with Gasteiger partial charge >= 0.3 is 7.82 Å². The molecule has 0 saturated carbocycles. The summed E-state index contributed by atoms with van der Waals surface area (Å²) >= 11 is 0. The highest BCUT2D eigenvalue weighted by Crippen LogP contribution is 2.52. The summed E-state index contributed by atoms with van der Waals surface area (Å²) < 4.78 is 32.8. The highest BCUT2D eigenvalue weighted by molar-refractivity contribution is 7.47. The molecule has 1 aromatic carbocycles. The van der Waals surface area contributed by atoms with Gasteiger partial charge in [0.25, 0.3) is 0 Å². The molecule has 6 nitrogen and oxygen atoms in total. The average molecular weight is 356 g/mol. The Kier molecular flexibility index (Phi) is 7.02. The van der Waals surface area contributed by atoms with Gasteiger partial charge in [0.1, 0.15) is 5.75 Å². The maximum atomic E-state index is 11.8. The van der Waals surface area contributed by atoms with Gasteiger partial charge in [0.2, 0.25) is 0 Å². The Morgan fingerprint density at radius 1 is 1.42 bits per heavy atom. The van der Waals surface area contributed by atoms with E-state index >= 15 is 0 Å². The molecule has 1 N–H and O–H groups in total. The zero-order valence-electron chi connectivity index (χ0n) is 14.1. The fourth-order valence-corrected chi connectivity index (χ4v) is 3.73. The molecule has 1 aliphatic rings. The molecule has 7 heteroatoms. The molecule has 1 heterocycles. The second-order valence-electron chi connectivity index (χ2n) is 5.86. The van der Waals surface area contributed by atoms with Crippen molar-refractivity contribution >= 4 is 7.82 Å². The molecule has 1 aliphatic heterocycles. The van der Waals surface area contributed by atoms with E-state index in [9.17, 15) is 9.46 Å². The maximum absolute atomic E-state index is 11.8. The van der Waals surface area contributed by atoms with Crippen LogP contribution >= 0.6 is 7.82 Å². The highest BCUT2D eigenvalue weighted by atomic mass is 31.2. The summed E-state index contributed by atoms with van der Waals surface area (Å²) in [5, 5.41) is 0. The van der Waals surface area contributed by atoms with E-state index in [2.05, 4.69) is 6.58 Å². The third-order valence-corrected chi connectivity index (χ3v) is 5.12. The van der Waals surface area contributed by atoms with Gasteiger partial charge in [0.15, 0.2) is 0 Å². The SMILES string of the molecule is C=C[C@H](C)[C@H]1C[C@H](CCOCc2ccc(OC)cc2)OP(=O)(O)O1. The minimum absolute atomic E-state index is 0.0166. The third-order valence-electron chi connectivity index (χ3n) is 4.02. The highest BCUT2D eigenvalue weighted by Gasteiger charge is 2.39. The first-order chi connectivity index (χ1) is 11.4. The van der Waals surface area contributed by atoms with E-state index < -0.39 is 7.82 Å². The van der Waals surface area contributed by atoms with E-state index in [4.69, 9.17) is 18.5 Å².